The molecule has 0 spiro atoms. The van der Waals surface area contributed by atoms with Gasteiger partial charge in [0.1, 0.15) is 5.02 Å². The number of aliphatic hydroxyl groups excluding tert-OH is 1. The van der Waals surface area contributed by atoms with Crippen LogP contribution >= 0.6 is 11.6 Å². The molecule has 0 saturated heterocycles. The van der Waals surface area contributed by atoms with Gasteiger partial charge in [0.05, 0.1) is 24.1 Å². The van der Waals surface area contributed by atoms with Crippen molar-refractivity contribution in [1.29, 1.82) is 0 Å². The highest BCUT2D eigenvalue weighted by Crippen LogP contribution is 2.28. The first-order chi connectivity index (χ1) is 13.8. The van der Waals surface area contributed by atoms with E-state index >= 15 is 0 Å². The van der Waals surface area contributed by atoms with Gasteiger partial charge in [-0.15, -0.1) is 0 Å². The topological polar surface area (TPSA) is 80.0 Å². The molecule has 3 rings (SSSR count). The highest BCUT2D eigenvalue weighted by molar-refractivity contribution is 6.32. The molecule has 6 nitrogen and oxygen atoms in total. The van der Waals surface area contributed by atoms with Crippen LogP contribution in [0.15, 0.2) is 53.6 Å². The molecular weight excluding hydrogens is 409 g/mol. The van der Waals surface area contributed by atoms with Gasteiger partial charge in [0.2, 0.25) is 0 Å². The molecular formula is C19H16ClF3N4O2. The summed E-state index contributed by atoms with van der Waals surface area (Å²) >= 11 is 6.10. The number of rotatable bonds is 6. The van der Waals surface area contributed by atoms with Crippen LogP contribution in [0, 0.1) is 0 Å². The van der Waals surface area contributed by atoms with Crippen LogP contribution in [0.5, 0.6) is 0 Å². The van der Waals surface area contributed by atoms with Gasteiger partial charge in [-0.3, -0.25) is 4.79 Å². The monoisotopic (exact) mass is 424 g/mol. The molecule has 0 aliphatic rings. The first-order valence-electron chi connectivity index (χ1n) is 8.53. The number of halogens is 4. The van der Waals surface area contributed by atoms with Gasteiger partial charge in [-0.25, -0.2) is 4.98 Å². The van der Waals surface area contributed by atoms with Crippen molar-refractivity contribution in [2.75, 3.05) is 11.9 Å². The number of aliphatic hydroxyl groups is 1. The average Bonchev–Trinajstić information content (AvgIpc) is 2.71. The molecule has 0 unspecified atom stereocenters. The number of aromatic nitrogens is 3. The lowest BCUT2D eigenvalue weighted by molar-refractivity contribution is -0.137. The first-order valence-corrected chi connectivity index (χ1v) is 8.91. The molecule has 3 aromatic rings. The van der Waals surface area contributed by atoms with Gasteiger partial charge in [0.15, 0.2) is 5.82 Å². The highest BCUT2D eigenvalue weighted by Gasteiger charge is 2.30. The second-order valence-corrected chi connectivity index (χ2v) is 6.52. The fraction of sp³-hybridized carbons (Fsp3) is 0.211. The predicted octanol–water partition coefficient (Wildman–Crippen LogP) is 3.45. The molecule has 0 atom stereocenters. The van der Waals surface area contributed by atoms with Crippen molar-refractivity contribution in [2.45, 2.75) is 19.2 Å². The van der Waals surface area contributed by atoms with E-state index in [4.69, 9.17) is 16.7 Å². The van der Waals surface area contributed by atoms with Crippen LogP contribution in [0.25, 0.3) is 5.82 Å². The van der Waals surface area contributed by atoms with Gasteiger partial charge in [0.25, 0.3) is 5.56 Å². The molecule has 0 radical (unpaired) electrons. The Hall–Kier alpha value is -2.91. The summed E-state index contributed by atoms with van der Waals surface area (Å²) in [5.74, 6) is -0.0691. The van der Waals surface area contributed by atoms with Gasteiger partial charge in [-0.1, -0.05) is 35.9 Å². The molecule has 0 saturated carbocycles. The lowest BCUT2D eigenvalue weighted by atomic mass is 10.1. The molecule has 29 heavy (non-hydrogen) atoms. The van der Waals surface area contributed by atoms with Gasteiger partial charge >= 0.3 is 6.18 Å². The third-order valence-electron chi connectivity index (χ3n) is 4.15. The van der Waals surface area contributed by atoms with Crippen LogP contribution in [0.2, 0.25) is 5.02 Å². The summed E-state index contributed by atoms with van der Waals surface area (Å²) in [7, 11) is 0. The molecule has 2 heterocycles. The number of anilines is 1. The third-order valence-corrected chi connectivity index (χ3v) is 4.51. The summed E-state index contributed by atoms with van der Waals surface area (Å²) in [6, 6.07) is 9.29. The summed E-state index contributed by atoms with van der Waals surface area (Å²) in [5.41, 5.74) is 0.532. The van der Waals surface area contributed by atoms with Gasteiger partial charge in [-0.2, -0.15) is 23.0 Å². The summed E-state index contributed by atoms with van der Waals surface area (Å²) in [6.07, 6.45) is -1.93. The summed E-state index contributed by atoms with van der Waals surface area (Å²) in [5, 5.41) is 15.8. The highest BCUT2D eigenvalue weighted by atomic mass is 35.5. The Morgan fingerprint density at radius 1 is 1.07 bits per heavy atom. The summed E-state index contributed by atoms with van der Waals surface area (Å²) in [4.78, 5) is 16.1. The van der Waals surface area contributed by atoms with Crippen LogP contribution in [-0.4, -0.2) is 26.4 Å². The minimum Gasteiger partial charge on any atom is -0.392 e. The molecule has 2 N–H and O–H groups in total. The second-order valence-electron chi connectivity index (χ2n) is 6.14. The number of nitrogens with one attached hydrogen (secondary N) is 1. The number of pyridine rings is 1. The Morgan fingerprint density at radius 2 is 1.76 bits per heavy atom. The Morgan fingerprint density at radius 3 is 2.34 bits per heavy atom. The quantitative estimate of drug-likeness (QED) is 0.633. The maximum absolute atomic E-state index is 12.6. The molecule has 1 aromatic carbocycles. The standard InChI is InChI=1S/C19H16ClF3N4O2/c20-17-15(24-8-7-12-1-3-13(11-28)4-2-12)10-26-27(18(17)29)16-6-5-14(9-25-16)19(21,22)23/h1-6,9-10,24,28H,7-8,11H2. The average molecular weight is 425 g/mol. The predicted molar refractivity (Wildman–Crippen MR) is 102 cm³/mol. The minimum atomic E-state index is -4.52. The third kappa shape index (κ3) is 4.93. The van der Waals surface area contributed by atoms with E-state index in [0.29, 0.717) is 24.8 Å². The molecule has 0 fully saturated rings. The summed E-state index contributed by atoms with van der Waals surface area (Å²) < 4.78 is 38.7. The number of nitrogens with zero attached hydrogens (tertiary/aromatic N) is 3. The number of alkyl halides is 3. The Labute approximate surface area is 168 Å². The fourth-order valence-corrected chi connectivity index (χ4v) is 2.75. The molecule has 0 aliphatic carbocycles. The molecule has 0 bridgehead atoms. The first kappa shape index (κ1) is 20.8. The number of benzene rings is 1. The zero-order valence-electron chi connectivity index (χ0n) is 14.9. The Balaban J connectivity index is 1.71. The van der Waals surface area contributed by atoms with E-state index in [1.807, 2.05) is 24.3 Å². The van der Waals surface area contributed by atoms with E-state index in [-0.39, 0.29) is 17.4 Å². The van der Waals surface area contributed by atoms with Gasteiger partial charge in [0, 0.05) is 12.7 Å². The fourth-order valence-electron chi connectivity index (χ4n) is 2.55. The zero-order valence-corrected chi connectivity index (χ0v) is 15.7. The van der Waals surface area contributed by atoms with Crippen LogP contribution in [0.3, 0.4) is 0 Å². The van der Waals surface area contributed by atoms with Crippen LogP contribution in [0.1, 0.15) is 16.7 Å². The maximum atomic E-state index is 12.6. The van der Waals surface area contributed by atoms with Gasteiger partial charge < -0.3 is 10.4 Å². The normalized spacial score (nSPS) is 11.5. The van der Waals surface area contributed by atoms with E-state index in [1.165, 1.54) is 6.20 Å². The number of hydrogen-bond acceptors (Lipinski definition) is 5. The molecule has 152 valence electrons. The molecule has 0 amide bonds. The zero-order chi connectivity index (χ0) is 21.0. The summed E-state index contributed by atoms with van der Waals surface area (Å²) in [6.45, 7) is 0.450. The van der Waals surface area contributed by atoms with Crippen LogP contribution in [0.4, 0.5) is 18.9 Å². The maximum Gasteiger partial charge on any atom is 0.417 e. The Kier molecular flexibility index (Phi) is 6.19. The molecule has 2 aromatic heterocycles. The Bertz CT molecular complexity index is 1040. The van der Waals surface area contributed by atoms with E-state index in [1.54, 1.807) is 0 Å². The molecule has 10 heteroatoms. The smallest absolute Gasteiger partial charge is 0.392 e. The van der Waals surface area contributed by atoms with Crippen molar-refractivity contribution >= 4 is 17.3 Å². The van der Waals surface area contributed by atoms with Crippen molar-refractivity contribution in [3.63, 3.8) is 0 Å². The minimum absolute atomic E-state index is 0.0239. The van der Waals surface area contributed by atoms with Crippen molar-refractivity contribution in [3.05, 3.63) is 80.9 Å². The van der Waals surface area contributed by atoms with Crippen molar-refractivity contribution < 1.29 is 18.3 Å². The van der Waals surface area contributed by atoms with E-state index in [0.717, 1.165) is 27.9 Å². The molecule has 0 aliphatic heterocycles. The second kappa shape index (κ2) is 8.62. The van der Waals surface area contributed by atoms with Crippen LogP contribution < -0.4 is 10.9 Å². The lowest BCUT2D eigenvalue weighted by Gasteiger charge is -2.11. The lowest BCUT2D eigenvalue weighted by Crippen LogP contribution is -2.24. The van der Waals surface area contributed by atoms with Crippen LogP contribution in [-0.2, 0) is 19.2 Å². The van der Waals surface area contributed by atoms with E-state index in [2.05, 4.69) is 15.4 Å². The van der Waals surface area contributed by atoms with Crippen molar-refractivity contribution in [1.82, 2.24) is 14.8 Å². The van der Waals surface area contributed by atoms with Crippen molar-refractivity contribution in [3.8, 4) is 5.82 Å². The van der Waals surface area contributed by atoms with Crippen molar-refractivity contribution in [2.24, 2.45) is 0 Å². The number of hydrogen-bond donors (Lipinski definition) is 2. The van der Waals surface area contributed by atoms with E-state index in [9.17, 15) is 18.0 Å². The largest absolute Gasteiger partial charge is 0.417 e. The van der Waals surface area contributed by atoms with Gasteiger partial charge in [-0.05, 0) is 29.7 Å². The van der Waals surface area contributed by atoms with E-state index < -0.39 is 17.3 Å². The SMILES string of the molecule is O=c1c(Cl)c(NCCc2ccc(CO)cc2)cnn1-c1ccc(C(F)(F)F)cn1.